The first kappa shape index (κ1) is 14.7. The summed E-state index contributed by atoms with van der Waals surface area (Å²) in [6.07, 6.45) is 0.560. The number of benzene rings is 1. The van der Waals surface area contributed by atoms with E-state index >= 15 is 0 Å². The molecule has 1 unspecified atom stereocenters. The molecule has 0 saturated heterocycles. The van der Waals surface area contributed by atoms with Gasteiger partial charge in [-0.2, -0.15) is 0 Å². The number of rotatable bonds is 2. The van der Waals surface area contributed by atoms with Crippen LogP contribution in [0, 0.1) is 0 Å². The highest BCUT2D eigenvalue weighted by atomic mass is 35.5. The first-order valence-corrected chi connectivity index (χ1v) is 7.45. The SMILES string of the molecule is CN(c1ccccc1)C1C2=C(CCOC2)OC(=O)C1(Cl)Cl. The van der Waals surface area contributed by atoms with Gasteiger partial charge in [0.05, 0.1) is 19.3 Å². The van der Waals surface area contributed by atoms with E-state index in [-0.39, 0.29) is 0 Å². The number of ether oxygens (including phenoxy) is 2. The fraction of sp³-hybridized carbons (Fsp3) is 0.400. The molecule has 0 amide bonds. The molecule has 0 aromatic heterocycles. The summed E-state index contributed by atoms with van der Waals surface area (Å²) in [4.78, 5) is 14.0. The van der Waals surface area contributed by atoms with Gasteiger partial charge in [-0.05, 0) is 12.1 Å². The van der Waals surface area contributed by atoms with Crippen LogP contribution in [0.2, 0.25) is 0 Å². The van der Waals surface area contributed by atoms with Crippen LogP contribution in [0.15, 0.2) is 41.7 Å². The largest absolute Gasteiger partial charge is 0.429 e. The first-order chi connectivity index (χ1) is 10.0. The van der Waals surface area contributed by atoms with E-state index in [0.29, 0.717) is 25.4 Å². The molecule has 0 aliphatic carbocycles. The molecule has 3 rings (SSSR count). The van der Waals surface area contributed by atoms with Crippen molar-refractivity contribution >= 4 is 34.9 Å². The second kappa shape index (κ2) is 5.52. The fourth-order valence-electron chi connectivity index (χ4n) is 2.74. The molecule has 0 fully saturated rings. The van der Waals surface area contributed by atoms with Gasteiger partial charge in [0.2, 0.25) is 4.33 Å². The maximum Gasteiger partial charge on any atom is 0.350 e. The minimum absolute atomic E-state index is 0.367. The molecule has 2 aliphatic heterocycles. The molecule has 0 saturated carbocycles. The number of carbonyl (C=O) groups excluding carboxylic acids is 1. The molecule has 0 spiro atoms. The number of hydrogen-bond donors (Lipinski definition) is 0. The van der Waals surface area contributed by atoms with E-state index in [1.165, 1.54) is 0 Å². The minimum atomic E-state index is -1.66. The zero-order chi connectivity index (χ0) is 15.0. The lowest BCUT2D eigenvalue weighted by molar-refractivity contribution is -0.143. The number of anilines is 1. The van der Waals surface area contributed by atoms with Crippen molar-refractivity contribution in [2.24, 2.45) is 0 Å². The summed E-state index contributed by atoms with van der Waals surface area (Å²) >= 11 is 12.6. The van der Waals surface area contributed by atoms with Gasteiger partial charge >= 0.3 is 5.97 Å². The molecular formula is C15H15Cl2NO3. The lowest BCUT2D eigenvalue weighted by Crippen LogP contribution is -2.55. The highest BCUT2D eigenvalue weighted by molar-refractivity contribution is 6.58. The van der Waals surface area contributed by atoms with E-state index < -0.39 is 16.3 Å². The fourth-order valence-corrected chi connectivity index (χ4v) is 3.37. The van der Waals surface area contributed by atoms with Gasteiger partial charge in [0.15, 0.2) is 0 Å². The lowest BCUT2D eigenvalue weighted by Gasteiger charge is -2.43. The Morgan fingerprint density at radius 2 is 2.00 bits per heavy atom. The topological polar surface area (TPSA) is 38.8 Å². The van der Waals surface area contributed by atoms with E-state index in [1.807, 2.05) is 42.3 Å². The molecule has 0 radical (unpaired) electrons. The smallest absolute Gasteiger partial charge is 0.350 e. The van der Waals surface area contributed by atoms with Gasteiger partial charge in [-0.15, -0.1) is 0 Å². The summed E-state index contributed by atoms with van der Waals surface area (Å²) in [6.45, 7) is 0.900. The molecule has 0 bridgehead atoms. The van der Waals surface area contributed by atoms with E-state index in [9.17, 15) is 4.79 Å². The number of alkyl halides is 2. The zero-order valence-corrected chi connectivity index (χ0v) is 13.0. The Hall–Kier alpha value is -1.23. The highest BCUT2D eigenvalue weighted by Gasteiger charge is 2.53. The minimum Gasteiger partial charge on any atom is -0.429 e. The van der Waals surface area contributed by atoms with Crippen LogP contribution in [0.4, 0.5) is 5.69 Å². The van der Waals surface area contributed by atoms with Crippen molar-refractivity contribution in [3.63, 3.8) is 0 Å². The van der Waals surface area contributed by atoms with Gasteiger partial charge in [-0.1, -0.05) is 41.4 Å². The third kappa shape index (κ3) is 2.52. The van der Waals surface area contributed by atoms with Gasteiger partial charge in [0, 0.05) is 24.7 Å². The predicted molar refractivity (Wildman–Crippen MR) is 81.6 cm³/mol. The second-order valence-corrected chi connectivity index (χ2v) is 6.50. The Bertz CT molecular complexity index is 586. The van der Waals surface area contributed by atoms with Gasteiger partial charge in [0.25, 0.3) is 0 Å². The number of nitrogens with zero attached hydrogens (tertiary/aromatic N) is 1. The van der Waals surface area contributed by atoms with Crippen LogP contribution in [-0.4, -0.2) is 36.6 Å². The number of para-hydroxylation sites is 1. The summed E-state index contributed by atoms with van der Waals surface area (Å²) in [5.74, 6) is 0.00946. The molecule has 21 heavy (non-hydrogen) atoms. The van der Waals surface area contributed by atoms with Crippen LogP contribution in [0.1, 0.15) is 6.42 Å². The monoisotopic (exact) mass is 327 g/mol. The Morgan fingerprint density at radius 3 is 2.71 bits per heavy atom. The molecule has 1 atom stereocenters. The summed E-state index contributed by atoms with van der Waals surface area (Å²) < 4.78 is 9.12. The quantitative estimate of drug-likeness (QED) is 0.618. The molecule has 6 heteroatoms. The molecular weight excluding hydrogens is 313 g/mol. The number of halogens is 2. The van der Waals surface area contributed by atoms with Gasteiger partial charge in [-0.3, -0.25) is 0 Å². The van der Waals surface area contributed by atoms with E-state index in [2.05, 4.69) is 0 Å². The summed E-state index contributed by atoms with van der Waals surface area (Å²) in [5, 5.41) is 0. The molecule has 0 N–H and O–H groups in total. The Balaban J connectivity index is 2.05. The molecule has 1 aromatic carbocycles. The van der Waals surface area contributed by atoms with Crippen molar-refractivity contribution in [3.05, 3.63) is 41.7 Å². The van der Waals surface area contributed by atoms with Gasteiger partial charge in [-0.25, -0.2) is 4.79 Å². The normalized spacial score (nSPS) is 24.3. The van der Waals surface area contributed by atoms with E-state index in [0.717, 1.165) is 11.3 Å². The Kier molecular flexibility index (Phi) is 3.86. The number of hydrogen-bond acceptors (Lipinski definition) is 4. The Labute approximate surface area is 133 Å². The van der Waals surface area contributed by atoms with Crippen LogP contribution >= 0.6 is 23.2 Å². The van der Waals surface area contributed by atoms with Crippen molar-refractivity contribution in [1.29, 1.82) is 0 Å². The third-order valence-corrected chi connectivity index (χ3v) is 4.52. The Morgan fingerprint density at radius 1 is 1.29 bits per heavy atom. The molecule has 112 valence electrons. The maximum atomic E-state index is 12.1. The van der Waals surface area contributed by atoms with Crippen molar-refractivity contribution in [3.8, 4) is 0 Å². The van der Waals surface area contributed by atoms with Crippen molar-refractivity contribution in [2.45, 2.75) is 16.8 Å². The molecule has 2 aliphatic rings. The first-order valence-electron chi connectivity index (χ1n) is 6.69. The average Bonchev–Trinajstić information content (AvgIpc) is 2.49. The number of carbonyl (C=O) groups is 1. The second-order valence-electron chi connectivity index (χ2n) is 5.11. The summed E-state index contributed by atoms with van der Waals surface area (Å²) in [7, 11) is 1.86. The van der Waals surface area contributed by atoms with Crippen molar-refractivity contribution in [2.75, 3.05) is 25.2 Å². The number of likely N-dealkylation sites (N-methyl/N-ethyl adjacent to an activating group) is 1. The van der Waals surface area contributed by atoms with Crippen LogP contribution in [-0.2, 0) is 14.3 Å². The van der Waals surface area contributed by atoms with Crippen molar-refractivity contribution in [1.82, 2.24) is 0 Å². The van der Waals surface area contributed by atoms with Crippen LogP contribution in [0.3, 0.4) is 0 Å². The van der Waals surface area contributed by atoms with E-state index in [1.54, 1.807) is 0 Å². The van der Waals surface area contributed by atoms with Gasteiger partial charge < -0.3 is 14.4 Å². The molecule has 2 heterocycles. The van der Waals surface area contributed by atoms with Gasteiger partial charge in [0.1, 0.15) is 5.76 Å². The summed E-state index contributed by atoms with van der Waals surface area (Å²) in [5.41, 5.74) is 1.75. The van der Waals surface area contributed by atoms with Crippen LogP contribution in [0.25, 0.3) is 0 Å². The molecule has 4 nitrogen and oxygen atoms in total. The number of esters is 1. The third-order valence-electron chi connectivity index (χ3n) is 3.80. The standard InChI is InChI=1S/C15H15Cl2NO3/c1-18(10-5-3-2-4-6-10)13-11-9-20-8-7-12(11)21-14(19)15(13,16)17/h2-6,13H,7-9H2,1H3. The zero-order valence-electron chi connectivity index (χ0n) is 11.5. The summed E-state index contributed by atoms with van der Waals surface area (Å²) in [6, 6.07) is 9.13. The average molecular weight is 328 g/mol. The highest BCUT2D eigenvalue weighted by Crippen LogP contribution is 2.43. The van der Waals surface area contributed by atoms with Crippen LogP contribution < -0.4 is 4.90 Å². The molecule has 1 aromatic rings. The van der Waals surface area contributed by atoms with E-state index in [4.69, 9.17) is 32.7 Å². The lowest BCUT2D eigenvalue weighted by atomic mass is 9.95. The van der Waals surface area contributed by atoms with Crippen molar-refractivity contribution < 1.29 is 14.3 Å². The maximum absolute atomic E-state index is 12.1. The van der Waals surface area contributed by atoms with Crippen LogP contribution in [0.5, 0.6) is 0 Å². The predicted octanol–water partition coefficient (Wildman–Crippen LogP) is 2.90.